The third kappa shape index (κ3) is 2.06. The molecule has 4 unspecified atom stereocenters. The van der Waals surface area contributed by atoms with Crippen molar-refractivity contribution in [2.24, 2.45) is 34.5 Å². The van der Waals surface area contributed by atoms with Crippen LogP contribution in [-0.2, 0) is 9.59 Å². The van der Waals surface area contributed by atoms with Gasteiger partial charge < -0.3 is 5.11 Å². The van der Waals surface area contributed by atoms with Crippen molar-refractivity contribution in [2.75, 3.05) is 0 Å². The molecule has 0 bridgehead atoms. The number of carbonyl (C=O) groups is 2. The summed E-state index contributed by atoms with van der Waals surface area (Å²) < 4.78 is 0. The highest BCUT2D eigenvalue weighted by molar-refractivity contribution is 6.01. The summed E-state index contributed by atoms with van der Waals surface area (Å²) in [6.45, 7) is 10.3. The first-order valence-corrected chi connectivity index (χ1v) is 9.45. The number of allylic oxidation sites excluding steroid dienone is 4. The van der Waals surface area contributed by atoms with Crippen molar-refractivity contribution in [1.82, 2.24) is 0 Å². The third-order valence-electron chi connectivity index (χ3n) is 7.26. The Balaban J connectivity index is 0.000000815. The van der Waals surface area contributed by atoms with E-state index < -0.39 is 6.10 Å². The number of fused-ring (bicyclic) bond motifs is 5. The lowest BCUT2D eigenvalue weighted by Gasteiger charge is -2.65. The van der Waals surface area contributed by atoms with Gasteiger partial charge in [0.15, 0.2) is 5.78 Å². The Hall–Kier alpha value is -1.22. The highest BCUT2D eigenvalue weighted by Gasteiger charge is 2.67. The van der Waals surface area contributed by atoms with Crippen LogP contribution >= 0.6 is 0 Å². The van der Waals surface area contributed by atoms with Crippen molar-refractivity contribution in [3.05, 3.63) is 23.8 Å². The fourth-order valence-corrected chi connectivity index (χ4v) is 6.38. The minimum Gasteiger partial charge on any atom is -0.393 e. The van der Waals surface area contributed by atoms with Crippen LogP contribution in [0, 0.1) is 34.5 Å². The maximum Gasteiger partial charge on any atom is 0.178 e. The van der Waals surface area contributed by atoms with Gasteiger partial charge in [0, 0.05) is 22.7 Å². The molecule has 4 rings (SSSR count). The number of aliphatic hydroxyl groups is 1. The normalized spacial score (nSPS) is 48.9. The molecule has 3 saturated carbocycles. The van der Waals surface area contributed by atoms with E-state index in [1.165, 1.54) is 5.57 Å². The third-order valence-corrected chi connectivity index (χ3v) is 7.26. The molecule has 0 aromatic rings. The molecular weight excluding hydrogens is 300 g/mol. The highest BCUT2D eigenvalue weighted by Crippen LogP contribution is 2.66. The Morgan fingerprint density at radius 2 is 1.83 bits per heavy atom. The molecule has 132 valence electrons. The Morgan fingerprint density at radius 3 is 2.50 bits per heavy atom. The minimum atomic E-state index is -0.464. The first-order chi connectivity index (χ1) is 11.3. The van der Waals surface area contributed by atoms with Gasteiger partial charge in [-0.15, -0.1) is 0 Å². The molecule has 24 heavy (non-hydrogen) atoms. The summed E-state index contributed by atoms with van der Waals surface area (Å²) >= 11 is 0. The number of hydrogen-bond acceptors (Lipinski definition) is 3. The summed E-state index contributed by atoms with van der Waals surface area (Å²) in [7, 11) is 0. The lowest BCUT2D eigenvalue weighted by Crippen LogP contribution is -2.67. The van der Waals surface area contributed by atoms with Crippen LogP contribution in [-0.4, -0.2) is 22.8 Å². The van der Waals surface area contributed by atoms with Crippen molar-refractivity contribution in [3.8, 4) is 0 Å². The minimum absolute atomic E-state index is 0.0632. The zero-order valence-corrected chi connectivity index (χ0v) is 15.5. The molecule has 0 radical (unpaired) electrons. The van der Waals surface area contributed by atoms with Crippen LogP contribution in [0.5, 0.6) is 0 Å². The lowest BCUT2D eigenvalue weighted by molar-refractivity contribution is -0.192. The maximum absolute atomic E-state index is 12.4. The standard InChI is InChI=1S/C19H24O3.C2H6/c1-10-15-13-5-4-11-8-12(20)6-7-18(11,2)16(13)14(21)9-19(15,3)17(10)22;1-2/h6-8,10,13-16,21H,4-5,9H2,1-3H3;1-2H3/t10?,13?,14-,15?,16?,18-,19-;/m0./s1. The number of Topliss-reactive ketones (excluding diaryl/α,β-unsaturated/α-hetero) is 1. The van der Waals surface area contributed by atoms with E-state index >= 15 is 0 Å². The molecule has 3 heteroatoms. The van der Waals surface area contributed by atoms with Crippen LogP contribution in [0.4, 0.5) is 0 Å². The van der Waals surface area contributed by atoms with Gasteiger partial charge in [-0.1, -0.05) is 46.3 Å². The van der Waals surface area contributed by atoms with Crippen LogP contribution < -0.4 is 0 Å². The largest absolute Gasteiger partial charge is 0.393 e. The summed E-state index contributed by atoms with van der Waals surface area (Å²) in [6, 6.07) is 0. The molecule has 0 aromatic heterocycles. The second-order valence-corrected chi connectivity index (χ2v) is 8.28. The molecule has 0 aliphatic heterocycles. The highest BCUT2D eigenvalue weighted by atomic mass is 16.3. The number of aliphatic hydroxyl groups excluding tert-OH is 1. The molecule has 7 atom stereocenters. The molecule has 4 aliphatic carbocycles. The van der Waals surface area contributed by atoms with Crippen LogP contribution in [0.3, 0.4) is 0 Å². The van der Waals surface area contributed by atoms with Crippen molar-refractivity contribution in [1.29, 1.82) is 0 Å². The quantitative estimate of drug-likeness (QED) is 0.736. The predicted molar refractivity (Wildman–Crippen MR) is 94.3 cm³/mol. The van der Waals surface area contributed by atoms with E-state index in [4.69, 9.17) is 0 Å². The molecule has 0 amide bonds. The number of carbonyl (C=O) groups excluding carboxylic acids is 2. The summed E-state index contributed by atoms with van der Waals surface area (Å²) in [6.07, 6.45) is 7.45. The van der Waals surface area contributed by atoms with Gasteiger partial charge in [-0.25, -0.2) is 0 Å². The SMILES string of the molecule is CC.CC1C(=O)[C@@]2(C)C[C@H](O)C3C(CCC4=CC(=O)C=C[C@@]43C)C12. The molecule has 0 spiro atoms. The predicted octanol–water partition coefficient (Wildman–Crippen LogP) is 3.72. The van der Waals surface area contributed by atoms with E-state index in [2.05, 4.69) is 13.8 Å². The number of ketones is 2. The molecule has 0 heterocycles. The molecule has 0 saturated heterocycles. The summed E-state index contributed by atoms with van der Waals surface area (Å²) in [5.41, 5.74) is 0.615. The van der Waals surface area contributed by atoms with Gasteiger partial charge in [-0.3, -0.25) is 9.59 Å². The van der Waals surface area contributed by atoms with E-state index in [9.17, 15) is 14.7 Å². The van der Waals surface area contributed by atoms with Gasteiger partial charge in [0.2, 0.25) is 0 Å². The molecule has 3 fully saturated rings. The van der Waals surface area contributed by atoms with Gasteiger partial charge in [0.05, 0.1) is 6.10 Å². The van der Waals surface area contributed by atoms with Crippen LogP contribution in [0.1, 0.15) is 53.9 Å². The van der Waals surface area contributed by atoms with Gasteiger partial charge in [-0.2, -0.15) is 0 Å². The first kappa shape index (κ1) is 17.6. The molecular formula is C21H30O3. The Kier molecular flexibility index (Phi) is 4.15. The fraction of sp³-hybridized carbons (Fsp3) is 0.714. The van der Waals surface area contributed by atoms with E-state index in [1.807, 2.05) is 26.8 Å². The smallest absolute Gasteiger partial charge is 0.178 e. The Morgan fingerprint density at radius 1 is 1.17 bits per heavy atom. The van der Waals surface area contributed by atoms with E-state index in [0.717, 1.165) is 12.8 Å². The summed E-state index contributed by atoms with van der Waals surface area (Å²) in [4.78, 5) is 24.1. The topological polar surface area (TPSA) is 54.4 Å². The average molecular weight is 330 g/mol. The molecule has 3 nitrogen and oxygen atoms in total. The maximum atomic E-state index is 12.4. The summed E-state index contributed by atoms with van der Waals surface area (Å²) in [5.74, 6) is 1.40. The van der Waals surface area contributed by atoms with E-state index in [1.54, 1.807) is 12.2 Å². The Labute approximate surface area is 145 Å². The Bertz CT molecular complexity index is 631. The van der Waals surface area contributed by atoms with E-state index in [0.29, 0.717) is 24.0 Å². The second kappa shape index (κ2) is 5.66. The fourth-order valence-electron chi connectivity index (χ4n) is 6.38. The number of rotatable bonds is 0. The zero-order valence-electron chi connectivity index (χ0n) is 15.5. The van der Waals surface area contributed by atoms with Crippen molar-refractivity contribution < 1.29 is 14.7 Å². The first-order valence-electron chi connectivity index (χ1n) is 9.45. The van der Waals surface area contributed by atoms with Gasteiger partial charge in [0.1, 0.15) is 5.78 Å². The monoisotopic (exact) mass is 330 g/mol. The molecule has 4 aliphatic rings. The van der Waals surface area contributed by atoms with Gasteiger partial charge in [0.25, 0.3) is 0 Å². The van der Waals surface area contributed by atoms with E-state index in [-0.39, 0.29) is 28.4 Å². The van der Waals surface area contributed by atoms with Crippen LogP contribution in [0.15, 0.2) is 23.8 Å². The lowest BCUT2D eigenvalue weighted by atomic mass is 9.38. The molecule has 1 N–H and O–H groups in total. The van der Waals surface area contributed by atoms with Crippen molar-refractivity contribution >= 4 is 11.6 Å². The van der Waals surface area contributed by atoms with Crippen LogP contribution in [0.2, 0.25) is 0 Å². The zero-order chi connectivity index (χ0) is 17.9. The second-order valence-electron chi connectivity index (χ2n) is 8.28. The van der Waals surface area contributed by atoms with Crippen molar-refractivity contribution in [3.63, 3.8) is 0 Å². The van der Waals surface area contributed by atoms with Gasteiger partial charge >= 0.3 is 0 Å². The average Bonchev–Trinajstić information content (AvgIpc) is 2.56. The van der Waals surface area contributed by atoms with Crippen molar-refractivity contribution in [2.45, 2.75) is 60.0 Å². The summed E-state index contributed by atoms with van der Waals surface area (Å²) in [5, 5.41) is 10.9. The number of hydrogen-bond donors (Lipinski definition) is 1. The molecule has 0 aromatic carbocycles. The van der Waals surface area contributed by atoms with Gasteiger partial charge in [-0.05, 0) is 43.3 Å². The van der Waals surface area contributed by atoms with Crippen LogP contribution in [0.25, 0.3) is 0 Å².